The van der Waals surface area contributed by atoms with Gasteiger partial charge in [0.2, 0.25) is 0 Å². The topological polar surface area (TPSA) is 52.6 Å². The normalized spacial score (nSPS) is 28.9. The molecule has 2 saturated heterocycles. The van der Waals surface area contributed by atoms with Crippen LogP contribution in [0.25, 0.3) is 0 Å². The average molecular weight is 398 g/mol. The lowest BCUT2D eigenvalue weighted by molar-refractivity contribution is -0.134. The summed E-state index contributed by atoms with van der Waals surface area (Å²) < 4.78 is 0. The van der Waals surface area contributed by atoms with E-state index in [2.05, 4.69) is 48.3 Å². The summed E-state index contributed by atoms with van der Waals surface area (Å²) in [4.78, 5) is 29.3. The molecule has 0 unspecified atom stereocenters. The van der Waals surface area contributed by atoms with Gasteiger partial charge in [0, 0.05) is 13.1 Å². The summed E-state index contributed by atoms with van der Waals surface area (Å²) in [6.45, 7) is 6.75. The van der Waals surface area contributed by atoms with Crippen LogP contribution in [0.15, 0.2) is 24.3 Å². The van der Waals surface area contributed by atoms with Crippen LogP contribution < -0.4 is 5.32 Å². The average Bonchev–Trinajstić information content (AvgIpc) is 2.95. The number of benzene rings is 1. The van der Waals surface area contributed by atoms with E-state index in [1.165, 1.54) is 22.4 Å². The van der Waals surface area contributed by atoms with Crippen LogP contribution in [0.5, 0.6) is 0 Å². The molecule has 2 heterocycles. The maximum atomic E-state index is 13.0. The number of rotatable bonds is 5. The van der Waals surface area contributed by atoms with Crippen molar-refractivity contribution in [2.24, 2.45) is 11.8 Å². The summed E-state index contributed by atoms with van der Waals surface area (Å²) in [6, 6.07) is 8.67. The van der Waals surface area contributed by atoms with Gasteiger partial charge in [-0.3, -0.25) is 9.69 Å². The van der Waals surface area contributed by atoms with E-state index in [0.29, 0.717) is 12.6 Å². The number of hydrogen-bond donors (Lipinski definition) is 1. The summed E-state index contributed by atoms with van der Waals surface area (Å²) in [7, 11) is 0. The Balaban J connectivity index is 1.24. The maximum absolute atomic E-state index is 13.0. The first kappa shape index (κ1) is 20.4. The van der Waals surface area contributed by atoms with E-state index in [0.717, 1.165) is 64.0 Å². The second-order valence-corrected chi connectivity index (χ2v) is 9.66. The molecule has 3 fully saturated rings. The monoisotopic (exact) mass is 397 g/mol. The molecule has 5 heteroatoms. The van der Waals surface area contributed by atoms with Gasteiger partial charge in [0.15, 0.2) is 0 Å². The zero-order valence-electron chi connectivity index (χ0n) is 18.0. The van der Waals surface area contributed by atoms with Crippen molar-refractivity contribution in [2.45, 2.75) is 70.8 Å². The van der Waals surface area contributed by atoms with Gasteiger partial charge >= 0.3 is 6.03 Å². The molecule has 3 amide bonds. The lowest BCUT2D eigenvalue weighted by Crippen LogP contribution is -2.50. The third-order valence-corrected chi connectivity index (χ3v) is 7.38. The first-order valence-corrected chi connectivity index (χ1v) is 11.4. The highest BCUT2D eigenvalue weighted by molar-refractivity contribution is 6.07. The number of nitrogens with one attached hydrogen (secondary N) is 1. The number of nitrogens with zero attached hydrogens (tertiary/aromatic N) is 2. The molecule has 5 nitrogen and oxygen atoms in total. The highest BCUT2D eigenvalue weighted by atomic mass is 16.2. The molecule has 1 aromatic carbocycles. The van der Waals surface area contributed by atoms with Crippen LogP contribution in [0.1, 0.15) is 63.0 Å². The van der Waals surface area contributed by atoms with Gasteiger partial charge in [-0.2, -0.15) is 0 Å². The van der Waals surface area contributed by atoms with Crippen molar-refractivity contribution in [3.8, 4) is 0 Å². The van der Waals surface area contributed by atoms with E-state index >= 15 is 0 Å². The SMILES string of the molecule is Cc1ccc(CCC2CCN(CN3C(=O)NC4(CCC(C)CC4)C3=O)CC2)cc1. The minimum atomic E-state index is -0.615. The van der Waals surface area contributed by atoms with Crippen LogP contribution in [0.3, 0.4) is 0 Å². The third-order valence-electron chi connectivity index (χ3n) is 7.38. The van der Waals surface area contributed by atoms with Gasteiger partial charge in [0.1, 0.15) is 5.54 Å². The molecular formula is C24H35N3O2. The minimum Gasteiger partial charge on any atom is -0.323 e. The predicted molar refractivity (Wildman–Crippen MR) is 114 cm³/mol. The van der Waals surface area contributed by atoms with Crippen molar-refractivity contribution in [1.29, 1.82) is 0 Å². The Kier molecular flexibility index (Phi) is 5.95. The lowest BCUT2D eigenvalue weighted by Gasteiger charge is -2.35. The van der Waals surface area contributed by atoms with Gasteiger partial charge in [-0.25, -0.2) is 9.69 Å². The molecule has 29 heavy (non-hydrogen) atoms. The smallest absolute Gasteiger partial charge is 0.323 e. The fourth-order valence-electron chi connectivity index (χ4n) is 5.14. The molecule has 0 aromatic heterocycles. The van der Waals surface area contributed by atoms with Crippen molar-refractivity contribution >= 4 is 11.9 Å². The van der Waals surface area contributed by atoms with E-state index in [9.17, 15) is 9.59 Å². The summed E-state index contributed by atoms with van der Waals surface area (Å²) in [5, 5.41) is 3.04. The first-order valence-electron chi connectivity index (χ1n) is 11.4. The Morgan fingerprint density at radius 2 is 1.69 bits per heavy atom. The number of likely N-dealkylation sites (tertiary alicyclic amines) is 1. The highest BCUT2D eigenvalue weighted by Crippen LogP contribution is 2.36. The van der Waals surface area contributed by atoms with Crippen LogP contribution in [-0.4, -0.2) is 47.0 Å². The number of carbonyl (C=O) groups excluding carboxylic acids is 2. The second-order valence-electron chi connectivity index (χ2n) is 9.66. The highest BCUT2D eigenvalue weighted by Gasteiger charge is 2.52. The third kappa shape index (κ3) is 4.50. The number of carbonyl (C=O) groups is 2. The Labute approximate surface area is 174 Å². The van der Waals surface area contributed by atoms with Crippen LogP contribution >= 0.6 is 0 Å². The fourth-order valence-corrected chi connectivity index (χ4v) is 5.14. The van der Waals surface area contributed by atoms with Crippen molar-refractivity contribution in [3.63, 3.8) is 0 Å². The largest absolute Gasteiger partial charge is 0.326 e. The second kappa shape index (κ2) is 8.47. The van der Waals surface area contributed by atoms with Gasteiger partial charge in [-0.1, -0.05) is 36.8 Å². The van der Waals surface area contributed by atoms with Crippen LogP contribution in [0, 0.1) is 18.8 Å². The molecule has 158 valence electrons. The molecule has 1 N–H and O–H groups in total. The van der Waals surface area contributed by atoms with E-state index in [4.69, 9.17) is 0 Å². The fraction of sp³-hybridized carbons (Fsp3) is 0.667. The molecular weight excluding hydrogens is 362 g/mol. The van der Waals surface area contributed by atoms with Gasteiger partial charge in [0.25, 0.3) is 5.91 Å². The van der Waals surface area contributed by atoms with Gasteiger partial charge < -0.3 is 5.32 Å². The Morgan fingerprint density at radius 3 is 2.34 bits per heavy atom. The quantitative estimate of drug-likeness (QED) is 0.761. The van der Waals surface area contributed by atoms with Crippen molar-refractivity contribution in [2.75, 3.05) is 19.8 Å². The standard InChI is InChI=1S/C24H35N3O2/c1-18-3-5-20(6-4-18)7-8-21-11-15-26(16-12-21)17-27-22(28)24(25-23(27)29)13-9-19(2)10-14-24/h3-6,19,21H,7-17H2,1-2H3,(H,25,29). The van der Waals surface area contributed by atoms with Gasteiger partial charge in [-0.05, 0) is 75.7 Å². The maximum Gasteiger partial charge on any atom is 0.326 e. The van der Waals surface area contributed by atoms with E-state index in [-0.39, 0.29) is 11.9 Å². The summed E-state index contributed by atoms with van der Waals surface area (Å²) >= 11 is 0. The first-order chi connectivity index (χ1) is 13.9. The zero-order chi connectivity index (χ0) is 20.4. The molecule has 1 saturated carbocycles. The van der Waals surface area contributed by atoms with Gasteiger partial charge in [0.05, 0.1) is 6.67 Å². The molecule has 1 aliphatic carbocycles. The lowest BCUT2D eigenvalue weighted by atomic mass is 9.77. The van der Waals surface area contributed by atoms with Crippen LogP contribution in [0.4, 0.5) is 4.79 Å². The zero-order valence-corrected chi connectivity index (χ0v) is 18.0. The molecule has 0 radical (unpaired) electrons. The Hall–Kier alpha value is -1.88. The predicted octanol–water partition coefficient (Wildman–Crippen LogP) is 4.10. The molecule has 4 rings (SSSR count). The summed E-state index contributed by atoms with van der Waals surface area (Å²) in [5.41, 5.74) is 2.12. The van der Waals surface area contributed by atoms with E-state index in [1.807, 2.05) is 0 Å². The number of hydrogen-bond acceptors (Lipinski definition) is 3. The van der Waals surface area contributed by atoms with Gasteiger partial charge in [-0.15, -0.1) is 0 Å². The number of piperidine rings is 1. The van der Waals surface area contributed by atoms with E-state index in [1.54, 1.807) is 0 Å². The number of aryl methyl sites for hydroxylation is 2. The molecule has 1 spiro atoms. The molecule has 0 bridgehead atoms. The van der Waals surface area contributed by atoms with Crippen molar-refractivity contribution in [1.82, 2.24) is 15.1 Å². The van der Waals surface area contributed by atoms with Crippen molar-refractivity contribution < 1.29 is 9.59 Å². The molecule has 0 atom stereocenters. The Morgan fingerprint density at radius 1 is 1.03 bits per heavy atom. The number of urea groups is 1. The van der Waals surface area contributed by atoms with Crippen LogP contribution in [0.2, 0.25) is 0 Å². The molecule has 2 aliphatic heterocycles. The van der Waals surface area contributed by atoms with Crippen molar-refractivity contribution in [3.05, 3.63) is 35.4 Å². The van der Waals surface area contributed by atoms with Crippen LogP contribution in [-0.2, 0) is 11.2 Å². The van der Waals surface area contributed by atoms with E-state index < -0.39 is 5.54 Å². The summed E-state index contributed by atoms with van der Waals surface area (Å²) in [5.74, 6) is 1.40. The molecule has 1 aromatic rings. The summed E-state index contributed by atoms with van der Waals surface area (Å²) in [6.07, 6.45) is 8.28. The Bertz CT molecular complexity index is 729. The minimum absolute atomic E-state index is 0.0101. The number of imide groups is 1. The molecule has 3 aliphatic rings. The number of amides is 3.